The Bertz CT molecular complexity index is 129. The first-order valence-electron chi connectivity index (χ1n) is 3.13. The summed E-state index contributed by atoms with van der Waals surface area (Å²) in [6.07, 6.45) is -0.961. The van der Waals surface area contributed by atoms with E-state index in [1.54, 1.807) is 13.8 Å². The maximum Gasteiger partial charge on any atom is 0.323 e. The van der Waals surface area contributed by atoms with Crippen LogP contribution >= 0.6 is 12.4 Å². The van der Waals surface area contributed by atoms with Crippen LogP contribution in [0.3, 0.4) is 0 Å². The van der Waals surface area contributed by atoms with E-state index in [0.29, 0.717) is 0 Å². The Morgan fingerprint density at radius 1 is 1.45 bits per heavy atom. The van der Waals surface area contributed by atoms with Gasteiger partial charge in [0, 0.05) is 0 Å². The number of hydrogen-bond acceptors (Lipinski definition) is 3. The normalized spacial score (nSPS) is 15.4. The van der Waals surface area contributed by atoms with Gasteiger partial charge < -0.3 is 15.9 Å². The third-order valence-electron chi connectivity index (χ3n) is 1.34. The lowest BCUT2D eigenvalue weighted by Crippen LogP contribution is -2.44. The van der Waals surface area contributed by atoms with Crippen molar-refractivity contribution in [3.8, 4) is 0 Å². The molecular weight excluding hydrogens is 170 g/mol. The van der Waals surface area contributed by atoms with E-state index in [9.17, 15) is 4.79 Å². The number of carboxylic acids is 1. The van der Waals surface area contributed by atoms with Crippen molar-refractivity contribution in [2.75, 3.05) is 0 Å². The van der Waals surface area contributed by atoms with Gasteiger partial charge in [0.05, 0.1) is 6.10 Å². The molecule has 68 valence electrons. The molecule has 0 aromatic carbocycles. The molecule has 0 amide bonds. The second-order valence-electron chi connectivity index (χ2n) is 2.60. The van der Waals surface area contributed by atoms with Crippen molar-refractivity contribution in [2.45, 2.75) is 26.0 Å². The topological polar surface area (TPSA) is 83.5 Å². The van der Waals surface area contributed by atoms with Gasteiger partial charge in [0.2, 0.25) is 0 Å². The second-order valence-corrected chi connectivity index (χ2v) is 2.60. The fourth-order valence-corrected chi connectivity index (χ4v) is 0.561. The van der Waals surface area contributed by atoms with Crippen LogP contribution in [0.4, 0.5) is 0 Å². The first-order chi connectivity index (χ1) is 4.46. The summed E-state index contributed by atoms with van der Waals surface area (Å²) >= 11 is 0. The number of carboxylic acid groups (broad SMARTS) is 1. The Balaban J connectivity index is 0. The molecule has 0 aliphatic carbocycles. The van der Waals surface area contributed by atoms with Crippen LogP contribution in [0.2, 0.25) is 0 Å². The van der Waals surface area contributed by atoms with Crippen LogP contribution in [0.25, 0.3) is 0 Å². The van der Waals surface area contributed by atoms with E-state index >= 15 is 0 Å². The summed E-state index contributed by atoms with van der Waals surface area (Å²) in [4.78, 5) is 10.2. The molecule has 0 rings (SSSR count). The Hall–Kier alpha value is -0.320. The Labute approximate surface area is 71.8 Å². The average Bonchev–Trinajstić information content (AvgIpc) is 1.84. The SMILES string of the molecule is CC(C)C(O)[C@@H](N)C(=O)O.Cl. The molecule has 0 bridgehead atoms. The third kappa shape index (κ3) is 4.19. The number of aliphatic hydroxyl groups excluding tert-OH is 1. The monoisotopic (exact) mass is 183 g/mol. The summed E-state index contributed by atoms with van der Waals surface area (Å²) < 4.78 is 0. The van der Waals surface area contributed by atoms with Crippen molar-refractivity contribution in [3.63, 3.8) is 0 Å². The number of hydrogen-bond donors (Lipinski definition) is 3. The van der Waals surface area contributed by atoms with E-state index in [0.717, 1.165) is 0 Å². The smallest absolute Gasteiger partial charge is 0.323 e. The van der Waals surface area contributed by atoms with Crippen LogP contribution in [0.15, 0.2) is 0 Å². The van der Waals surface area contributed by atoms with Gasteiger partial charge in [-0.25, -0.2) is 0 Å². The van der Waals surface area contributed by atoms with E-state index in [2.05, 4.69) is 0 Å². The van der Waals surface area contributed by atoms with Crippen molar-refractivity contribution in [1.82, 2.24) is 0 Å². The van der Waals surface area contributed by atoms with Gasteiger partial charge >= 0.3 is 5.97 Å². The molecule has 0 heterocycles. The molecule has 0 aromatic rings. The van der Waals surface area contributed by atoms with Gasteiger partial charge in [-0.1, -0.05) is 13.8 Å². The lowest BCUT2D eigenvalue weighted by Gasteiger charge is -2.17. The zero-order valence-corrected chi connectivity index (χ0v) is 7.34. The van der Waals surface area contributed by atoms with Gasteiger partial charge in [0.15, 0.2) is 0 Å². The van der Waals surface area contributed by atoms with Crippen molar-refractivity contribution < 1.29 is 15.0 Å². The molecule has 4 nitrogen and oxygen atoms in total. The van der Waals surface area contributed by atoms with Crippen LogP contribution in [0.1, 0.15) is 13.8 Å². The molecule has 4 N–H and O–H groups in total. The zero-order chi connectivity index (χ0) is 8.31. The van der Waals surface area contributed by atoms with Gasteiger partial charge in [-0.05, 0) is 5.92 Å². The highest BCUT2D eigenvalue weighted by Gasteiger charge is 2.24. The molecule has 2 atom stereocenters. The van der Waals surface area contributed by atoms with Gasteiger partial charge in [0.1, 0.15) is 6.04 Å². The quantitative estimate of drug-likeness (QED) is 0.568. The number of nitrogens with two attached hydrogens (primary N) is 1. The van der Waals surface area contributed by atoms with Crippen molar-refractivity contribution >= 4 is 18.4 Å². The molecule has 0 fully saturated rings. The number of halogens is 1. The summed E-state index contributed by atoms with van der Waals surface area (Å²) in [6, 6.07) is -1.17. The fourth-order valence-electron chi connectivity index (χ4n) is 0.561. The van der Waals surface area contributed by atoms with E-state index in [4.69, 9.17) is 15.9 Å². The van der Waals surface area contributed by atoms with E-state index in [1.807, 2.05) is 0 Å². The highest BCUT2D eigenvalue weighted by Crippen LogP contribution is 2.03. The highest BCUT2D eigenvalue weighted by atomic mass is 35.5. The second kappa shape index (κ2) is 5.35. The number of aliphatic carboxylic acids is 1. The first kappa shape index (κ1) is 13.3. The number of rotatable bonds is 3. The molecule has 1 unspecified atom stereocenters. The van der Waals surface area contributed by atoms with Crippen LogP contribution < -0.4 is 5.73 Å². The number of carbonyl (C=O) groups is 1. The van der Waals surface area contributed by atoms with Gasteiger partial charge in [-0.15, -0.1) is 12.4 Å². The van der Waals surface area contributed by atoms with E-state index < -0.39 is 18.1 Å². The maximum absolute atomic E-state index is 10.2. The summed E-state index contributed by atoms with van der Waals surface area (Å²) in [5, 5.41) is 17.4. The van der Waals surface area contributed by atoms with Crippen molar-refractivity contribution in [2.24, 2.45) is 11.7 Å². The molecule has 0 saturated heterocycles. The molecule has 0 saturated carbocycles. The van der Waals surface area contributed by atoms with E-state index in [-0.39, 0.29) is 18.3 Å². The highest BCUT2D eigenvalue weighted by molar-refractivity contribution is 5.85. The molecule has 0 radical (unpaired) electrons. The summed E-state index contributed by atoms with van der Waals surface area (Å²) in [5.74, 6) is -1.28. The third-order valence-corrected chi connectivity index (χ3v) is 1.34. The number of aliphatic hydroxyl groups is 1. The molecular formula is C6H14ClNO3. The van der Waals surface area contributed by atoms with Crippen LogP contribution in [-0.2, 0) is 4.79 Å². The first-order valence-corrected chi connectivity index (χ1v) is 3.13. The minimum Gasteiger partial charge on any atom is -0.480 e. The molecule has 0 spiro atoms. The average molecular weight is 184 g/mol. The largest absolute Gasteiger partial charge is 0.480 e. The lowest BCUT2D eigenvalue weighted by atomic mass is 10.0. The van der Waals surface area contributed by atoms with Crippen LogP contribution in [0.5, 0.6) is 0 Å². The Kier molecular flexibility index (Phi) is 6.46. The van der Waals surface area contributed by atoms with E-state index in [1.165, 1.54) is 0 Å². The standard InChI is InChI=1S/C6H13NO3.ClH/c1-3(2)5(8)4(7)6(9)10;/h3-5,8H,7H2,1-2H3,(H,9,10);1H/t4-,5?;/m1./s1. The summed E-state index contributed by atoms with van der Waals surface area (Å²) in [7, 11) is 0. The predicted octanol–water partition coefficient (Wildman–Crippen LogP) is -0.163. The van der Waals surface area contributed by atoms with Gasteiger partial charge in [0.25, 0.3) is 0 Å². The fraction of sp³-hybridized carbons (Fsp3) is 0.833. The zero-order valence-electron chi connectivity index (χ0n) is 6.52. The van der Waals surface area contributed by atoms with Crippen molar-refractivity contribution in [1.29, 1.82) is 0 Å². The van der Waals surface area contributed by atoms with Crippen LogP contribution in [-0.4, -0.2) is 28.3 Å². The predicted molar refractivity (Wildman–Crippen MR) is 43.7 cm³/mol. The maximum atomic E-state index is 10.2. The molecule has 5 heteroatoms. The summed E-state index contributed by atoms with van der Waals surface area (Å²) in [5.41, 5.74) is 5.11. The van der Waals surface area contributed by atoms with Gasteiger partial charge in [-0.3, -0.25) is 4.79 Å². The van der Waals surface area contributed by atoms with Crippen LogP contribution in [0, 0.1) is 5.92 Å². The molecule has 11 heavy (non-hydrogen) atoms. The molecule has 0 aliphatic heterocycles. The lowest BCUT2D eigenvalue weighted by molar-refractivity contribution is -0.141. The minimum absolute atomic E-state index is 0. The van der Waals surface area contributed by atoms with Crippen molar-refractivity contribution in [3.05, 3.63) is 0 Å². The Morgan fingerprint density at radius 2 is 1.82 bits per heavy atom. The Morgan fingerprint density at radius 3 is 1.91 bits per heavy atom. The van der Waals surface area contributed by atoms with Gasteiger partial charge in [-0.2, -0.15) is 0 Å². The molecule has 0 aromatic heterocycles. The molecule has 0 aliphatic rings. The minimum atomic E-state index is -1.17. The summed E-state index contributed by atoms with van der Waals surface area (Å²) in [6.45, 7) is 3.43.